The molecule has 23 heavy (non-hydrogen) atoms. The van der Waals surface area contributed by atoms with Gasteiger partial charge in [-0.2, -0.15) is 0 Å². The van der Waals surface area contributed by atoms with Crippen molar-refractivity contribution in [2.24, 2.45) is 5.73 Å². The van der Waals surface area contributed by atoms with Crippen LogP contribution in [-0.4, -0.2) is 22.0 Å². The van der Waals surface area contributed by atoms with Crippen LogP contribution in [0.3, 0.4) is 0 Å². The number of nitrogens with one attached hydrogen (secondary N) is 1. The van der Waals surface area contributed by atoms with Crippen LogP contribution in [0.4, 0.5) is 5.69 Å². The van der Waals surface area contributed by atoms with Gasteiger partial charge in [0.05, 0.1) is 10.5 Å². The summed E-state index contributed by atoms with van der Waals surface area (Å²) in [5.41, 5.74) is 7.88. The van der Waals surface area contributed by atoms with E-state index in [1.807, 2.05) is 18.2 Å². The number of anilines is 1. The van der Waals surface area contributed by atoms with E-state index < -0.39 is 0 Å². The number of nitrogens with zero attached hydrogens (tertiary/aromatic N) is 2. The van der Waals surface area contributed by atoms with E-state index in [4.69, 9.17) is 5.73 Å². The van der Waals surface area contributed by atoms with Crippen LogP contribution in [0.2, 0.25) is 0 Å². The lowest BCUT2D eigenvalue weighted by atomic mass is 10.2. The third kappa shape index (κ3) is 3.43. The predicted molar refractivity (Wildman–Crippen MR) is 95.1 cm³/mol. The number of carbonyl (C=O) groups is 1. The molecule has 2 aromatic heterocycles. The Hall–Kier alpha value is -2.18. The Kier molecular flexibility index (Phi) is 4.73. The molecule has 3 rings (SSSR count). The van der Waals surface area contributed by atoms with E-state index in [1.165, 1.54) is 16.7 Å². The highest BCUT2D eigenvalue weighted by molar-refractivity contribution is 7.09. The summed E-state index contributed by atoms with van der Waals surface area (Å²) in [6.45, 7) is 3.66. The third-order valence-corrected chi connectivity index (χ3v) is 4.55. The van der Waals surface area contributed by atoms with Crippen LogP contribution < -0.4 is 11.1 Å². The number of carbonyl (C=O) groups excluding carboxylic acids is 1. The van der Waals surface area contributed by atoms with E-state index in [1.54, 1.807) is 5.38 Å². The highest BCUT2D eigenvalue weighted by atomic mass is 32.1. The molecule has 0 unspecified atom stereocenters. The van der Waals surface area contributed by atoms with Gasteiger partial charge in [0.1, 0.15) is 5.69 Å². The lowest BCUT2D eigenvalue weighted by Crippen LogP contribution is -2.13. The van der Waals surface area contributed by atoms with E-state index in [0.717, 1.165) is 29.2 Å². The average Bonchev–Trinajstić information content (AvgIpc) is 3.16. The van der Waals surface area contributed by atoms with E-state index >= 15 is 0 Å². The lowest BCUT2D eigenvalue weighted by Gasteiger charge is -2.06. The van der Waals surface area contributed by atoms with E-state index in [0.29, 0.717) is 18.7 Å². The number of rotatable bonds is 6. The first-order valence-electron chi connectivity index (χ1n) is 7.76. The van der Waals surface area contributed by atoms with Crippen LogP contribution in [0.1, 0.15) is 28.8 Å². The van der Waals surface area contributed by atoms with Crippen molar-refractivity contribution >= 4 is 33.8 Å². The predicted octanol–water partition coefficient (Wildman–Crippen LogP) is 3.26. The van der Waals surface area contributed by atoms with Crippen LogP contribution in [0.25, 0.3) is 10.9 Å². The molecule has 6 heteroatoms. The Labute approximate surface area is 139 Å². The zero-order chi connectivity index (χ0) is 16.2. The zero-order valence-corrected chi connectivity index (χ0v) is 13.9. The Morgan fingerprint density at radius 2 is 2.26 bits per heavy atom. The SMILES string of the molecule is CCCn1ccc2ccc(NC(=O)c3csc(CCN)n3)cc21. The summed E-state index contributed by atoms with van der Waals surface area (Å²) in [5.74, 6) is -0.183. The number of benzene rings is 1. The molecule has 0 bridgehead atoms. The molecule has 0 radical (unpaired) electrons. The summed E-state index contributed by atoms with van der Waals surface area (Å²) in [5, 5.41) is 6.77. The fraction of sp³-hybridized carbons (Fsp3) is 0.294. The average molecular weight is 328 g/mol. The lowest BCUT2D eigenvalue weighted by molar-refractivity contribution is 0.102. The molecule has 0 aliphatic carbocycles. The van der Waals surface area contributed by atoms with Crippen LogP contribution in [0.5, 0.6) is 0 Å². The zero-order valence-electron chi connectivity index (χ0n) is 13.1. The van der Waals surface area contributed by atoms with E-state index in [2.05, 4.69) is 34.1 Å². The van der Waals surface area contributed by atoms with Gasteiger partial charge in [0, 0.05) is 30.2 Å². The van der Waals surface area contributed by atoms with Gasteiger partial charge in [0.2, 0.25) is 0 Å². The molecule has 2 heterocycles. The molecule has 0 aliphatic rings. The second-order valence-electron chi connectivity index (χ2n) is 5.40. The van der Waals surface area contributed by atoms with Gasteiger partial charge in [0.25, 0.3) is 5.91 Å². The maximum atomic E-state index is 12.3. The monoisotopic (exact) mass is 328 g/mol. The summed E-state index contributed by atoms with van der Waals surface area (Å²) in [6, 6.07) is 8.05. The largest absolute Gasteiger partial charge is 0.347 e. The number of amides is 1. The smallest absolute Gasteiger partial charge is 0.275 e. The van der Waals surface area contributed by atoms with Crippen LogP contribution in [-0.2, 0) is 13.0 Å². The summed E-state index contributed by atoms with van der Waals surface area (Å²) >= 11 is 1.47. The van der Waals surface area contributed by atoms with Crippen molar-refractivity contribution in [3.8, 4) is 0 Å². The molecular formula is C17H20N4OS. The summed E-state index contributed by atoms with van der Waals surface area (Å²) < 4.78 is 2.20. The Morgan fingerprint density at radius 3 is 3.04 bits per heavy atom. The number of fused-ring (bicyclic) bond motifs is 1. The van der Waals surface area contributed by atoms with Crippen LogP contribution >= 0.6 is 11.3 Å². The quantitative estimate of drug-likeness (QED) is 0.729. The molecule has 3 aromatic rings. The van der Waals surface area contributed by atoms with Gasteiger partial charge >= 0.3 is 0 Å². The standard InChI is InChI=1S/C17H20N4OS/c1-2-8-21-9-6-12-3-4-13(10-15(12)21)19-17(22)14-11-23-16(20-14)5-7-18/h3-4,6,9-11H,2,5,7-8,18H2,1H3,(H,19,22). The number of nitrogens with two attached hydrogens (primary N) is 1. The molecule has 0 fully saturated rings. The van der Waals surface area contributed by atoms with Gasteiger partial charge in [0.15, 0.2) is 0 Å². The van der Waals surface area contributed by atoms with E-state index in [-0.39, 0.29) is 5.91 Å². The first-order chi connectivity index (χ1) is 11.2. The number of thiazole rings is 1. The number of hydrogen-bond acceptors (Lipinski definition) is 4. The maximum absolute atomic E-state index is 12.3. The summed E-state index contributed by atoms with van der Waals surface area (Å²) in [6.07, 6.45) is 3.86. The van der Waals surface area contributed by atoms with E-state index in [9.17, 15) is 4.79 Å². The van der Waals surface area contributed by atoms with Crippen molar-refractivity contribution in [1.82, 2.24) is 9.55 Å². The van der Waals surface area contributed by atoms with Crippen molar-refractivity contribution in [3.05, 3.63) is 46.5 Å². The van der Waals surface area contributed by atoms with Crippen LogP contribution in [0.15, 0.2) is 35.8 Å². The number of hydrogen-bond donors (Lipinski definition) is 2. The highest BCUT2D eigenvalue weighted by Crippen LogP contribution is 2.21. The minimum absolute atomic E-state index is 0.183. The van der Waals surface area contributed by atoms with Crippen molar-refractivity contribution < 1.29 is 4.79 Å². The summed E-state index contributed by atoms with van der Waals surface area (Å²) in [4.78, 5) is 16.6. The fourth-order valence-corrected chi connectivity index (χ4v) is 3.34. The summed E-state index contributed by atoms with van der Waals surface area (Å²) in [7, 11) is 0. The van der Waals surface area contributed by atoms with Gasteiger partial charge < -0.3 is 15.6 Å². The maximum Gasteiger partial charge on any atom is 0.275 e. The van der Waals surface area contributed by atoms with Crippen molar-refractivity contribution in [2.75, 3.05) is 11.9 Å². The fourth-order valence-electron chi connectivity index (χ4n) is 2.55. The minimum Gasteiger partial charge on any atom is -0.347 e. The minimum atomic E-state index is -0.183. The normalized spacial score (nSPS) is 11.0. The highest BCUT2D eigenvalue weighted by Gasteiger charge is 2.11. The molecular weight excluding hydrogens is 308 g/mol. The van der Waals surface area contributed by atoms with Gasteiger partial charge in [-0.25, -0.2) is 4.98 Å². The first-order valence-corrected chi connectivity index (χ1v) is 8.64. The molecule has 0 saturated heterocycles. The molecule has 120 valence electrons. The Morgan fingerprint density at radius 1 is 1.39 bits per heavy atom. The van der Waals surface area contributed by atoms with Crippen LogP contribution in [0, 0.1) is 0 Å². The third-order valence-electron chi connectivity index (χ3n) is 3.64. The van der Waals surface area contributed by atoms with Crippen molar-refractivity contribution in [2.45, 2.75) is 26.3 Å². The molecule has 3 N–H and O–H groups in total. The Bertz CT molecular complexity index is 821. The first kappa shape index (κ1) is 15.7. The Balaban J connectivity index is 1.79. The molecule has 0 spiro atoms. The van der Waals surface area contributed by atoms with Gasteiger partial charge in [-0.3, -0.25) is 4.79 Å². The molecule has 0 saturated carbocycles. The number of aromatic nitrogens is 2. The van der Waals surface area contributed by atoms with Crippen molar-refractivity contribution in [3.63, 3.8) is 0 Å². The second-order valence-corrected chi connectivity index (χ2v) is 6.34. The van der Waals surface area contributed by atoms with Gasteiger partial charge in [-0.1, -0.05) is 13.0 Å². The molecule has 5 nitrogen and oxygen atoms in total. The number of aryl methyl sites for hydroxylation is 1. The second kappa shape index (κ2) is 6.93. The molecule has 0 aliphatic heterocycles. The van der Waals surface area contributed by atoms with Gasteiger partial charge in [-0.05, 0) is 36.6 Å². The molecule has 1 amide bonds. The molecule has 1 aromatic carbocycles. The molecule has 0 atom stereocenters. The van der Waals surface area contributed by atoms with Crippen molar-refractivity contribution in [1.29, 1.82) is 0 Å². The topological polar surface area (TPSA) is 72.9 Å². The van der Waals surface area contributed by atoms with Gasteiger partial charge in [-0.15, -0.1) is 11.3 Å².